The van der Waals surface area contributed by atoms with Gasteiger partial charge in [-0.3, -0.25) is 4.79 Å². The van der Waals surface area contributed by atoms with Gasteiger partial charge in [-0.2, -0.15) is 0 Å². The molecule has 8 heteroatoms. The molecule has 0 unspecified atom stereocenters. The summed E-state index contributed by atoms with van der Waals surface area (Å²) in [6.07, 6.45) is 20.8. The lowest BCUT2D eigenvalue weighted by molar-refractivity contribution is -0.140. The molecule has 0 spiro atoms. The zero-order valence-electron chi connectivity index (χ0n) is 30.4. The van der Waals surface area contributed by atoms with Crippen molar-refractivity contribution in [2.75, 3.05) is 20.3 Å². The van der Waals surface area contributed by atoms with Crippen molar-refractivity contribution in [3.8, 4) is 17.2 Å². The number of ether oxygens (including phenoxy) is 4. The average molecular weight is 690 g/mol. The Balaban J connectivity index is 0.000000295. The summed E-state index contributed by atoms with van der Waals surface area (Å²) in [6.45, 7) is 6.76. The highest BCUT2D eigenvalue weighted by molar-refractivity contribution is 5.84. The summed E-state index contributed by atoms with van der Waals surface area (Å²) in [5, 5.41) is 7.81. The van der Waals surface area contributed by atoms with Gasteiger partial charge in [-0.1, -0.05) is 45.3 Å². The minimum atomic E-state index is -0.354. The fraction of sp³-hybridized carbons (Fsp3) is 0.571. The number of rotatable bonds is 19. The van der Waals surface area contributed by atoms with Crippen LogP contribution in [-0.4, -0.2) is 44.8 Å². The van der Waals surface area contributed by atoms with Crippen molar-refractivity contribution in [1.82, 2.24) is 0 Å². The zero-order valence-corrected chi connectivity index (χ0v) is 30.4. The van der Waals surface area contributed by atoms with E-state index in [4.69, 9.17) is 24.4 Å². The van der Waals surface area contributed by atoms with E-state index in [9.17, 15) is 14.4 Å². The van der Waals surface area contributed by atoms with Crippen molar-refractivity contribution in [3.05, 3.63) is 66.2 Å². The Kier molecular flexibility index (Phi) is 19.0. The minimum Gasteiger partial charge on any atom is -0.497 e. The van der Waals surface area contributed by atoms with E-state index in [1.54, 1.807) is 7.11 Å². The predicted octanol–water partition coefficient (Wildman–Crippen LogP) is 9.81. The molecule has 0 saturated heterocycles. The minimum absolute atomic E-state index is 0.0900. The van der Waals surface area contributed by atoms with Crippen molar-refractivity contribution in [2.24, 2.45) is 17.8 Å². The van der Waals surface area contributed by atoms with Crippen molar-refractivity contribution in [2.45, 2.75) is 116 Å². The summed E-state index contributed by atoms with van der Waals surface area (Å²) in [7, 11) is 1.64. The number of unbranched alkanes of at least 4 members (excludes halogenated alkanes) is 5. The number of hydrogen-bond donors (Lipinski definition) is 1. The molecule has 0 bridgehead atoms. The van der Waals surface area contributed by atoms with Crippen molar-refractivity contribution >= 4 is 24.4 Å². The molecule has 2 aliphatic carbocycles. The number of carbonyl (C=O) groups excluding carboxylic acids is 3. The van der Waals surface area contributed by atoms with Crippen LogP contribution in [0.5, 0.6) is 17.2 Å². The third-order valence-corrected chi connectivity index (χ3v) is 10.0. The second-order valence-corrected chi connectivity index (χ2v) is 13.6. The molecule has 2 aromatic rings. The molecule has 2 aliphatic rings. The first-order chi connectivity index (χ1) is 24.4. The Bertz CT molecular complexity index is 1310. The first-order valence-corrected chi connectivity index (χ1v) is 18.8. The van der Waals surface area contributed by atoms with Crippen LogP contribution in [0.2, 0.25) is 0 Å². The highest BCUT2D eigenvalue weighted by Crippen LogP contribution is 2.39. The van der Waals surface area contributed by atoms with Crippen molar-refractivity contribution < 1.29 is 33.3 Å². The lowest BCUT2D eigenvalue weighted by atomic mass is 9.77. The SMILES string of the molecule is C=CC(=O)OCCCCCCOc1ccc(OC)cc1.CCCCCC1CCC(c2ccc(OC(=O)C3CCC(C=O)CC3)c(C=N)c2)CC1. The van der Waals surface area contributed by atoms with E-state index in [0.29, 0.717) is 43.3 Å². The number of nitrogens with one attached hydrogen (secondary N) is 1. The number of hydrogen-bond acceptors (Lipinski definition) is 8. The fourth-order valence-electron chi connectivity index (χ4n) is 6.83. The topological polar surface area (TPSA) is 112 Å². The van der Waals surface area contributed by atoms with Crippen LogP contribution in [0.1, 0.15) is 127 Å². The van der Waals surface area contributed by atoms with Gasteiger partial charge >= 0.3 is 11.9 Å². The summed E-state index contributed by atoms with van der Waals surface area (Å²) < 4.78 is 21.3. The number of methoxy groups -OCH3 is 1. The molecule has 0 radical (unpaired) electrons. The third-order valence-electron chi connectivity index (χ3n) is 10.0. The number of aldehydes is 1. The Morgan fingerprint density at radius 1 is 0.840 bits per heavy atom. The van der Waals surface area contributed by atoms with Gasteiger partial charge in [0.25, 0.3) is 0 Å². The lowest BCUT2D eigenvalue weighted by Gasteiger charge is -2.29. The summed E-state index contributed by atoms with van der Waals surface area (Å²) in [5.41, 5.74) is 1.96. The third kappa shape index (κ3) is 14.5. The molecule has 0 atom stereocenters. The van der Waals surface area contributed by atoms with E-state index in [2.05, 4.69) is 19.6 Å². The maximum absolute atomic E-state index is 12.6. The molecule has 0 heterocycles. The van der Waals surface area contributed by atoms with Gasteiger partial charge in [0.05, 0.1) is 26.2 Å². The van der Waals surface area contributed by atoms with Crippen LogP contribution in [0.25, 0.3) is 0 Å². The zero-order chi connectivity index (χ0) is 36.0. The highest BCUT2D eigenvalue weighted by atomic mass is 16.5. The molecule has 1 N–H and O–H groups in total. The molecular formula is C42H59NO7. The molecule has 2 saturated carbocycles. The summed E-state index contributed by atoms with van der Waals surface area (Å²) >= 11 is 0. The highest BCUT2D eigenvalue weighted by Gasteiger charge is 2.28. The Morgan fingerprint density at radius 2 is 1.52 bits per heavy atom. The van der Waals surface area contributed by atoms with E-state index in [1.807, 2.05) is 36.4 Å². The second-order valence-electron chi connectivity index (χ2n) is 13.6. The normalized spacial score (nSPS) is 20.0. The molecular weight excluding hydrogens is 630 g/mol. The standard InChI is InChI=1S/C26H37NO3.C16H22O4/c1-2-3-4-5-19-6-10-21(11-7-19)23-14-15-25(24(16-23)17-27)30-26(29)22-12-8-20(18-28)9-13-22;1-3-16(17)20-13-7-5-4-6-12-19-15-10-8-14(18-2)9-11-15/h14-22,27H,2-13H2,1H3;3,8-11H,1,4-7,12-13H2,2H3. The summed E-state index contributed by atoms with van der Waals surface area (Å²) in [5.74, 6) is 2.98. The van der Waals surface area contributed by atoms with Gasteiger partial charge < -0.3 is 29.2 Å². The fourth-order valence-corrected chi connectivity index (χ4v) is 6.83. The Morgan fingerprint density at radius 3 is 2.14 bits per heavy atom. The molecule has 50 heavy (non-hydrogen) atoms. The molecule has 274 valence electrons. The van der Waals surface area contributed by atoms with Gasteiger partial charge in [0.15, 0.2) is 0 Å². The Hall–Kier alpha value is -3.94. The van der Waals surface area contributed by atoms with Gasteiger partial charge in [0.1, 0.15) is 23.5 Å². The van der Waals surface area contributed by atoms with E-state index in [1.165, 1.54) is 69.2 Å². The van der Waals surface area contributed by atoms with Crippen molar-refractivity contribution in [1.29, 1.82) is 5.41 Å². The second kappa shape index (κ2) is 23.5. The van der Waals surface area contributed by atoms with Crippen LogP contribution in [-0.2, 0) is 19.1 Å². The van der Waals surface area contributed by atoms with Gasteiger partial charge in [-0.15, -0.1) is 0 Å². The largest absolute Gasteiger partial charge is 0.497 e. The summed E-state index contributed by atoms with van der Waals surface area (Å²) in [6, 6.07) is 13.5. The van der Waals surface area contributed by atoms with Crippen LogP contribution >= 0.6 is 0 Å². The van der Waals surface area contributed by atoms with Gasteiger partial charge in [-0.25, -0.2) is 4.79 Å². The summed E-state index contributed by atoms with van der Waals surface area (Å²) in [4.78, 5) is 34.3. The maximum Gasteiger partial charge on any atom is 0.330 e. The van der Waals surface area contributed by atoms with E-state index in [-0.39, 0.29) is 23.8 Å². The van der Waals surface area contributed by atoms with Crippen LogP contribution in [0, 0.1) is 23.2 Å². The first kappa shape index (κ1) is 40.5. The smallest absolute Gasteiger partial charge is 0.330 e. The van der Waals surface area contributed by atoms with E-state index in [0.717, 1.165) is 62.2 Å². The van der Waals surface area contributed by atoms with E-state index < -0.39 is 0 Å². The van der Waals surface area contributed by atoms with E-state index >= 15 is 0 Å². The van der Waals surface area contributed by atoms with Gasteiger partial charge in [-0.05, 0) is 131 Å². The first-order valence-electron chi connectivity index (χ1n) is 18.8. The molecule has 4 rings (SSSR count). The molecule has 2 aromatic carbocycles. The average Bonchev–Trinajstić information content (AvgIpc) is 3.16. The molecule has 0 aliphatic heterocycles. The molecule has 2 fully saturated rings. The van der Waals surface area contributed by atoms with Gasteiger partial charge in [0.2, 0.25) is 0 Å². The van der Waals surface area contributed by atoms with Crippen LogP contribution in [0.4, 0.5) is 0 Å². The van der Waals surface area contributed by atoms with Gasteiger partial charge in [0, 0.05) is 23.8 Å². The number of carbonyl (C=O) groups is 3. The van der Waals surface area contributed by atoms with Crippen LogP contribution in [0.3, 0.4) is 0 Å². The quantitative estimate of drug-likeness (QED) is 0.0390. The molecule has 8 nitrogen and oxygen atoms in total. The van der Waals surface area contributed by atoms with Crippen molar-refractivity contribution in [3.63, 3.8) is 0 Å². The predicted molar refractivity (Wildman–Crippen MR) is 198 cm³/mol. The monoisotopic (exact) mass is 689 g/mol. The lowest BCUT2D eigenvalue weighted by Crippen LogP contribution is -2.26. The number of esters is 2. The van der Waals surface area contributed by atoms with Crippen LogP contribution in [0.15, 0.2) is 55.1 Å². The van der Waals surface area contributed by atoms with Crippen LogP contribution < -0.4 is 14.2 Å². The molecule has 0 aromatic heterocycles. The Labute approximate surface area is 299 Å². The number of benzene rings is 2. The molecule has 0 amide bonds. The maximum atomic E-state index is 12.6.